The maximum Gasteiger partial charge on any atom is 0.261 e. The Kier molecular flexibility index (Phi) is 16.0. The summed E-state index contributed by atoms with van der Waals surface area (Å²) < 4.78 is 46.7. The molecule has 1 aliphatic rings. The molecule has 304 valence electrons. The van der Waals surface area contributed by atoms with Crippen LogP contribution < -0.4 is 10.4 Å². The molecule has 0 heterocycles. The Morgan fingerprint density at radius 3 is 2.07 bits per heavy atom. The second kappa shape index (κ2) is 19.6. The van der Waals surface area contributed by atoms with Gasteiger partial charge in [-0.1, -0.05) is 163 Å². The van der Waals surface area contributed by atoms with Crippen molar-refractivity contribution in [3.63, 3.8) is 0 Å². The molecular formula is C47H66O6SSi2. The van der Waals surface area contributed by atoms with Gasteiger partial charge < -0.3 is 19.0 Å². The zero-order valence-corrected chi connectivity index (χ0v) is 38.1. The summed E-state index contributed by atoms with van der Waals surface area (Å²) in [7, 11) is -7.55. The smallest absolute Gasteiger partial charge is 0.261 e. The zero-order chi connectivity index (χ0) is 41.2. The molecule has 1 fully saturated rings. The first-order valence-electron chi connectivity index (χ1n) is 20.1. The first-order valence-corrected chi connectivity index (χ1v) is 27.3. The third-order valence-corrected chi connectivity index (χ3v) is 20.1. The molecule has 1 aliphatic carbocycles. The van der Waals surface area contributed by atoms with Gasteiger partial charge in [-0.15, -0.1) is 5.92 Å². The van der Waals surface area contributed by atoms with Crippen LogP contribution in [0.4, 0.5) is 0 Å². The molecule has 0 unspecified atom stereocenters. The standard InChI is InChI=1S/C47H66O6SSi2/c1-37(34-53-56(46(4,5)6,41-26-18-13-19-27-41)42-28-20-14-21-29-42)23-15-11-22-30-43(48)45-39(3)47(7,35-54(49,50)40-24-16-12-17-25-40)38(2)33-44(45)52-36-51-31-32-55(8,9)10/h12-14,16-21,23-29,38,43-45,48H,3,11,15,31-36H2,1-2,4-10H3/b37-23+/t38-,43-,44+,45-,47+/m1/s1. The second-order valence-electron chi connectivity index (χ2n) is 18.0. The van der Waals surface area contributed by atoms with Gasteiger partial charge in [-0.3, -0.25) is 0 Å². The third-order valence-electron chi connectivity index (χ3n) is 11.4. The summed E-state index contributed by atoms with van der Waals surface area (Å²) in [6, 6.07) is 30.9. The van der Waals surface area contributed by atoms with Crippen molar-refractivity contribution in [2.24, 2.45) is 17.3 Å². The lowest BCUT2D eigenvalue weighted by molar-refractivity contribution is -0.130. The summed E-state index contributed by atoms with van der Waals surface area (Å²) in [5, 5.41) is 14.1. The summed E-state index contributed by atoms with van der Waals surface area (Å²) in [6.07, 6.45) is 2.49. The van der Waals surface area contributed by atoms with Gasteiger partial charge in [-0.25, -0.2) is 8.42 Å². The van der Waals surface area contributed by atoms with E-state index in [2.05, 4.69) is 139 Å². The minimum atomic E-state index is -3.63. The van der Waals surface area contributed by atoms with Crippen LogP contribution in [0.15, 0.2) is 120 Å². The van der Waals surface area contributed by atoms with Crippen molar-refractivity contribution in [2.75, 3.05) is 25.8 Å². The molecule has 0 radical (unpaired) electrons. The molecule has 1 N–H and O–H groups in total. The molecule has 0 aromatic heterocycles. The fourth-order valence-corrected chi connectivity index (χ4v) is 15.2. The lowest BCUT2D eigenvalue weighted by Gasteiger charge is -2.49. The highest BCUT2D eigenvalue weighted by Crippen LogP contribution is 2.50. The Labute approximate surface area is 340 Å². The highest BCUT2D eigenvalue weighted by atomic mass is 32.2. The van der Waals surface area contributed by atoms with Crippen LogP contribution in [0.25, 0.3) is 0 Å². The van der Waals surface area contributed by atoms with Crippen LogP contribution in [-0.2, 0) is 23.7 Å². The van der Waals surface area contributed by atoms with Crippen molar-refractivity contribution in [1.82, 2.24) is 0 Å². The summed E-state index contributed by atoms with van der Waals surface area (Å²) in [4.78, 5) is 0.285. The van der Waals surface area contributed by atoms with E-state index in [1.54, 1.807) is 24.3 Å². The SMILES string of the molecule is C=C1[C@H]([C@H](O)C#CCC/C=C(\C)CO[Si](c2ccccc2)(c2ccccc2)C(C)(C)C)[C@@H](OCOCC[Si](C)(C)C)C[C@@H](C)[C@]1(C)CS(=O)(=O)c1ccccc1. The predicted octanol–water partition coefficient (Wildman–Crippen LogP) is 9.04. The molecule has 9 heteroatoms. The maximum atomic E-state index is 13.7. The van der Waals surface area contributed by atoms with E-state index in [1.165, 1.54) is 10.4 Å². The van der Waals surface area contributed by atoms with Crippen LogP contribution in [0.5, 0.6) is 0 Å². The van der Waals surface area contributed by atoms with Crippen LogP contribution in [0.3, 0.4) is 0 Å². The summed E-state index contributed by atoms with van der Waals surface area (Å²) in [6.45, 7) is 25.6. The summed E-state index contributed by atoms with van der Waals surface area (Å²) >= 11 is 0. The van der Waals surface area contributed by atoms with Gasteiger partial charge in [0, 0.05) is 32.4 Å². The van der Waals surface area contributed by atoms with E-state index < -0.39 is 49.8 Å². The largest absolute Gasteiger partial charge is 0.403 e. The van der Waals surface area contributed by atoms with E-state index >= 15 is 0 Å². The Hall–Kier alpha value is -3.08. The number of hydrogen-bond acceptors (Lipinski definition) is 6. The highest BCUT2D eigenvalue weighted by molar-refractivity contribution is 7.91. The molecule has 3 aromatic rings. The number of unbranched alkanes of at least 4 members (excludes halogenated alkanes) is 1. The molecule has 0 bridgehead atoms. The van der Waals surface area contributed by atoms with E-state index in [0.29, 0.717) is 38.0 Å². The van der Waals surface area contributed by atoms with Crippen LogP contribution >= 0.6 is 0 Å². The highest BCUT2D eigenvalue weighted by Gasteiger charge is 2.51. The lowest BCUT2D eigenvalue weighted by Crippen LogP contribution is -2.66. The van der Waals surface area contributed by atoms with Crippen LogP contribution in [0.1, 0.15) is 60.8 Å². The van der Waals surface area contributed by atoms with Gasteiger partial charge in [0.1, 0.15) is 12.9 Å². The average Bonchev–Trinajstić information content (AvgIpc) is 3.14. The molecule has 6 nitrogen and oxygen atoms in total. The zero-order valence-electron chi connectivity index (χ0n) is 35.3. The Balaban J connectivity index is 1.49. The fraction of sp³-hybridized carbons (Fsp3) is 0.489. The number of allylic oxidation sites excluding steroid dienone is 1. The minimum Gasteiger partial charge on any atom is -0.403 e. The molecule has 4 rings (SSSR count). The number of aliphatic hydroxyl groups is 1. The molecule has 3 aromatic carbocycles. The number of aliphatic hydroxyl groups excluding tert-OH is 1. The first-order chi connectivity index (χ1) is 26.3. The van der Waals surface area contributed by atoms with E-state index in [4.69, 9.17) is 13.9 Å². The first kappa shape index (κ1) is 45.6. The molecule has 0 saturated heterocycles. The van der Waals surface area contributed by atoms with Crippen LogP contribution in [0.2, 0.25) is 30.7 Å². The van der Waals surface area contributed by atoms with Gasteiger partial charge in [0.15, 0.2) is 9.84 Å². The molecule has 0 aliphatic heterocycles. The van der Waals surface area contributed by atoms with Crippen molar-refractivity contribution in [3.8, 4) is 11.8 Å². The van der Waals surface area contributed by atoms with E-state index in [1.807, 2.05) is 13.0 Å². The third kappa shape index (κ3) is 11.5. The van der Waals surface area contributed by atoms with Gasteiger partial charge in [0.2, 0.25) is 0 Å². The van der Waals surface area contributed by atoms with E-state index in [-0.39, 0.29) is 28.4 Å². The molecular weight excluding hydrogens is 749 g/mol. The summed E-state index contributed by atoms with van der Waals surface area (Å²) in [5.74, 6) is 5.55. The van der Waals surface area contributed by atoms with Crippen LogP contribution in [-0.4, -0.2) is 67.9 Å². The Bertz CT molecular complexity index is 1870. The summed E-state index contributed by atoms with van der Waals surface area (Å²) in [5.41, 5.74) is 0.986. The number of rotatable bonds is 17. The molecule has 0 spiro atoms. The van der Waals surface area contributed by atoms with Gasteiger partial charge in [-0.2, -0.15) is 0 Å². The van der Waals surface area contributed by atoms with Crippen molar-refractivity contribution in [1.29, 1.82) is 0 Å². The quantitative estimate of drug-likeness (QED) is 0.0482. The van der Waals surface area contributed by atoms with E-state index in [0.717, 1.165) is 11.6 Å². The number of sulfone groups is 1. The molecule has 5 atom stereocenters. The minimum absolute atomic E-state index is 0.0731. The van der Waals surface area contributed by atoms with Gasteiger partial charge in [0.05, 0.1) is 23.4 Å². The molecule has 1 saturated carbocycles. The number of benzene rings is 3. The lowest BCUT2D eigenvalue weighted by atomic mass is 9.60. The molecule has 0 amide bonds. The average molecular weight is 815 g/mol. The maximum absolute atomic E-state index is 13.7. The predicted molar refractivity (Wildman–Crippen MR) is 237 cm³/mol. The fourth-order valence-electron chi connectivity index (χ4n) is 7.86. The van der Waals surface area contributed by atoms with Crippen molar-refractivity contribution in [2.45, 2.75) is 109 Å². The monoisotopic (exact) mass is 814 g/mol. The van der Waals surface area contributed by atoms with Gasteiger partial charge in [0.25, 0.3) is 8.32 Å². The number of hydrogen-bond donors (Lipinski definition) is 1. The second-order valence-corrected chi connectivity index (χ2v) is 29.9. The number of ether oxygens (including phenoxy) is 2. The van der Waals surface area contributed by atoms with Crippen molar-refractivity contribution < 1.29 is 27.4 Å². The molecule has 56 heavy (non-hydrogen) atoms. The Morgan fingerprint density at radius 2 is 1.54 bits per heavy atom. The van der Waals surface area contributed by atoms with Crippen molar-refractivity contribution in [3.05, 3.63) is 115 Å². The Morgan fingerprint density at radius 1 is 0.982 bits per heavy atom. The van der Waals surface area contributed by atoms with Crippen LogP contribution in [0, 0.1) is 29.1 Å². The van der Waals surface area contributed by atoms with E-state index in [9.17, 15) is 13.5 Å². The van der Waals surface area contributed by atoms with Crippen molar-refractivity contribution >= 4 is 36.6 Å². The normalized spacial score (nSPS) is 21.6. The van der Waals surface area contributed by atoms with Gasteiger partial charge in [-0.05, 0) is 59.3 Å². The van der Waals surface area contributed by atoms with Gasteiger partial charge >= 0.3 is 0 Å². The topological polar surface area (TPSA) is 82.1 Å².